The smallest absolute Gasteiger partial charge is 0.225 e. The molecule has 0 aliphatic carbocycles. The molecule has 1 amide bonds. The molecule has 0 spiro atoms. The van der Waals surface area contributed by atoms with E-state index in [1.54, 1.807) is 4.90 Å². The Labute approximate surface area is 112 Å². The first-order valence-corrected chi connectivity index (χ1v) is 6.67. The van der Waals surface area contributed by atoms with Gasteiger partial charge in [0.2, 0.25) is 5.91 Å². The van der Waals surface area contributed by atoms with Crippen molar-refractivity contribution in [3.8, 4) is 0 Å². The Bertz CT molecular complexity index is 289. The zero-order valence-electron chi connectivity index (χ0n) is 13.0. The molecule has 0 saturated carbocycles. The normalized spacial score (nSPS) is 14.2. The maximum atomic E-state index is 12.0. The maximum absolute atomic E-state index is 12.0. The molecule has 0 radical (unpaired) electrons. The molecular formula is C15H29NO2. The summed E-state index contributed by atoms with van der Waals surface area (Å²) in [6, 6.07) is 0. The number of hydrogen-bond acceptors (Lipinski definition) is 2. The average Bonchev–Trinajstić information content (AvgIpc) is 2.11. The van der Waals surface area contributed by atoms with E-state index in [-0.39, 0.29) is 22.7 Å². The molecular weight excluding hydrogens is 226 g/mol. The van der Waals surface area contributed by atoms with Crippen molar-refractivity contribution in [2.45, 2.75) is 54.4 Å². The topological polar surface area (TPSA) is 37.4 Å². The molecule has 0 N–H and O–H groups in total. The number of nitrogens with zero attached hydrogens (tertiary/aromatic N) is 1. The summed E-state index contributed by atoms with van der Waals surface area (Å²) in [5.74, 6) is -0.151. The van der Waals surface area contributed by atoms with Gasteiger partial charge in [0.25, 0.3) is 0 Å². The second-order valence-corrected chi connectivity index (χ2v) is 7.40. The molecule has 0 bridgehead atoms. The van der Waals surface area contributed by atoms with Crippen LogP contribution < -0.4 is 0 Å². The molecule has 18 heavy (non-hydrogen) atoms. The Morgan fingerprint density at radius 1 is 1.22 bits per heavy atom. The summed E-state index contributed by atoms with van der Waals surface area (Å²) in [5, 5.41) is 0. The number of carbonyl (C=O) groups excluding carboxylic acids is 2. The first-order valence-electron chi connectivity index (χ1n) is 6.67. The minimum Gasteiger partial charge on any atom is -0.345 e. The van der Waals surface area contributed by atoms with Gasteiger partial charge in [-0.1, -0.05) is 41.5 Å². The van der Waals surface area contributed by atoms with Crippen LogP contribution in [-0.2, 0) is 9.59 Å². The maximum Gasteiger partial charge on any atom is 0.225 e. The molecule has 3 nitrogen and oxygen atoms in total. The Kier molecular flexibility index (Phi) is 6.05. The third-order valence-corrected chi connectivity index (χ3v) is 2.92. The van der Waals surface area contributed by atoms with Crippen LogP contribution in [-0.4, -0.2) is 30.7 Å². The first-order chi connectivity index (χ1) is 7.98. The van der Waals surface area contributed by atoms with Gasteiger partial charge in [-0.05, 0) is 17.3 Å². The third-order valence-electron chi connectivity index (χ3n) is 2.92. The van der Waals surface area contributed by atoms with Crippen LogP contribution in [0.1, 0.15) is 54.4 Å². The molecule has 0 heterocycles. The van der Waals surface area contributed by atoms with E-state index in [4.69, 9.17) is 0 Å². The van der Waals surface area contributed by atoms with Crippen molar-refractivity contribution in [1.82, 2.24) is 4.90 Å². The van der Waals surface area contributed by atoms with Crippen LogP contribution in [0, 0.1) is 16.7 Å². The van der Waals surface area contributed by atoms with E-state index in [0.29, 0.717) is 6.42 Å². The van der Waals surface area contributed by atoms with Gasteiger partial charge in [-0.15, -0.1) is 0 Å². The van der Waals surface area contributed by atoms with Gasteiger partial charge in [-0.3, -0.25) is 4.79 Å². The number of rotatable bonds is 6. The minimum atomic E-state index is -0.210. The van der Waals surface area contributed by atoms with Crippen LogP contribution >= 0.6 is 0 Å². The predicted octanol–water partition coefficient (Wildman–Crippen LogP) is 3.13. The average molecular weight is 255 g/mol. The van der Waals surface area contributed by atoms with Crippen LogP contribution in [0.3, 0.4) is 0 Å². The van der Waals surface area contributed by atoms with Crippen LogP contribution in [0.4, 0.5) is 0 Å². The van der Waals surface area contributed by atoms with Gasteiger partial charge in [0.05, 0.1) is 0 Å². The number of hydrogen-bond donors (Lipinski definition) is 0. The highest BCUT2D eigenvalue weighted by molar-refractivity contribution is 5.80. The highest BCUT2D eigenvalue weighted by atomic mass is 16.2. The van der Waals surface area contributed by atoms with Crippen molar-refractivity contribution in [1.29, 1.82) is 0 Å². The fourth-order valence-corrected chi connectivity index (χ4v) is 2.83. The lowest BCUT2D eigenvalue weighted by molar-refractivity contribution is -0.136. The minimum absolute atomic E-state index is 0.0593. The van der Waals surface area contributed by atoms with Gasteiger partial charge in [-0.25, -0.2) is 0 Å². The SMILES string of the molecule is CC(CC=O)C(=O)N(C)CC(C)(C)CC(C)(C)C. The summed E-state index contributed by atoms with van der Waals surface area (Å²) >= 11 is 0. The molecule has 106 valence electrons. The van der Waals surface area contributed by atoms with Gasteiger partial charge in [0.1, 0.15) is 6.29 Å². The Morgan fingerprint density at radius 3 is 2.11 bits per heavy atom. The van der Waals surface area contributed by atoms with Gasteiger partial charge < -0.3 is 9.69 Å². The molecule has 0 aliphatic heterocycles. The van der Waals surface area contributed by atoms with Crippen LogP contribution in [0.2, 0.25) is 0 Å². The summed E-state index contributed by atoms with van der Waals surface area (Å²) < 4.78 is 0. The molecule has 1 atom stereocenters. The molecule has 0 aromatic carbocycles. The summed E-state index contributed by atoms with van der Waals surface area (Å²) in [6.45, 7) is 13.6. The highest BCUT2D eigenvalue weighted by Gasteiger charge is 2.29. The molecule has 0 aromatic rings. The molecule has 0 fully saturated rings. The van der Waals surface area contributed by atoms with E-state index >= 15 is 0 Å². The first kappa shape index (κ1) is 17.1. The van der Waals surface area contributed by atoms with Crippen molar-refractivity contribution in [2.75, 3.05) is 13.6 Å². The highest BCUT2D eigenvalue weighted by Crippen LogP contribution is 2.33. The standard InChI is InChI=1S/C15H29NO2/c1-12(8-9-17)13(18)16(7)11-15(5,6)10-14(2,3)4/h9,12H,8,10-11H2,1-7H3. The lowest BCUT2D eigenvalue weighted by atomic mass is 9.76. The number of aldehydes is 1. The molecule has 3 heteroatoms. The number of amides is 1. The van der Waals surface area contributed by atoms with Crippen LogP contribution in [0.15, 0.2) is 0 Å². The summed E-state index contributed by atoms with van der Waals surface area (Å²) in [6.07, 6.45) is 2.18. The van der Waals surface area contributed by atoms with Crippen molar-refractivity contribution in [3.05, 3.63) is 0 Å². The van der Waals surface area contributed by atoms with Crippen molar-refractivity contribution >= 4 is 12.2 Å². The quantitative estimate of drug-likeness (QED) is 0.684. The molecule has 0 aromatic heterocycles. The van der Waals surface area contributed by atoms with Gasteiger partial charge in [-0.2, -0.15) is 0 Å². The van der Waals surface area contributed by atoms with E-state index in [1.165, 1.54) is 0 Å². The summed E-state index contributed by atoms with van der Waals surface area (Å²) in [5.41, 5.74) is 0.339. The van der Waals surface area contributed by atoms with E-state index < -0.39 is 0 Å². The summed E-state index contributed by atoms with van der Waals surface area (Å²) in [4.78, 5) is 24.3. The predicted molar refractivity (Wildman–Crippen MR) is 75.3 cm³/mol. The fourth-order valence-electron chi connectivity index (χ4n) is 2.83. The van der Waals surface area contributed by atoms with Gasteiger partial charge in [0.15, 0.2) is 0 Å². The number of carbonyl (C=O) groups is 2. The van der Waals surface area contributed by atoms with Gasteiger partial charge in [0, 0.05) is 25.9 Å². The Balaban J connectivity index is 4.50. The lowest BCUT2D eigenvalue weighted by Gasteiger charge is -2.36. The lowest BCUT2D eigenvalue weighted by Crippen LogP contribution is -2.40. The van der Waals surface area contributed by atoms with Crippen LogP contribution in [0.25, 0.3) is 0 Å². The van der Waals surface area contributed by atoms with Crippen LogP contribution in [0.5, 0.6) is 0 Å². The second-order valence-electron chi connectivity index (χ2n) is 7.40. The van der Waals surface area contributed by atoms with Crippen molar-refractivity contribution in [2.24, 2.45) is 16.7 Å². The molecule has 0 saturated heterocycles. The van der Waals surface area contributed by atoms with Crippen molar-refractivity contribution in [3.63, 3.8) is 0 Å². The second kappa shape index (κ2) is 6.35. The molecule has 0 aliphatic rings. The zero-order valence-corrected chi connectivity index (χ0v) is 13.0. The fraction of sp³-hybridized carbons (Fsp3) is 0.867. The monoisotopic (exact) mass is 255 g/mol. The van der Waals surface area contributed by atoms with Crippen molar-refractivity contribution < 1.29 is 9.59 Å². The van der Waals surface area contributed by atoms with E-state index in [2.05, 4.69) is 34.6 Å². The Morgan fingerprint density at radius 2 is 1.72 bits per heavy atom. The Hall–Kier alpha value is -0.860. The molecule has 0 rings (SSSR count). The van der Waals surface area contributed by atoms with Gasteiger partial charge >= 0.3 is 0 Å². The zero-order chi connectivity index (χ0) is 14.6. The third kappa shape index (κ3) is 6.77. The van der Waals surface area contributed by atoms with E-state index in [9.17, 15) is 9.59 Å². The summed E-state index contributed by atoms with van der Waals surface area (Å²) in [7, 11) is 1.83. The molecule has 1 unspecified atom stereocenters. The largest absolute Gasteiger partial charge is 0.345 e. The van der Waals surface area contributed by atoms with E-state index in [0.717, 1.165) is 19.3 Å². The van der Waals surface area contributed by atoms with E-state index in [1.807, 2.05) is 14.0 Å².